The van der Waals surface area contributed by atoms with E-state index in [2.05, 4.69) is 98.9 Å². The number of hydrogen-bond acceptors (Lipinski definition) is 6. The second-order valence-electron chi connectivity index (χ2n) is 14.7. The second-order valence-corrected chi connectivity index (χ2v) is 14.7. The molecule has 7 nitrogen and oxygen atoms in total. The summed E-state index contributed by atoms with van der Waals surface area (Å²) in [5.74, 6) is 3.09. The number of Topliss-reactive ketones (excluding diaryl/α,β-unsaturated/α-hetero) is 1. The van der Waals surface area contributed by atoms with Crippen LogP contribution in [-0.4, -0.2) is 61.5 Å². The molecule has 1 fully saturated rings. The van der Waals surface area contributed by atoms with Gasteiger partial charge in [-0.3, -0.25) is 9.78 Å². The maximum atomic E-state index is 13.0. The number of pyridine rings is 1. The molecule has 0 amide bonds. The molecule has 3 aliphatic rings. The number of rotatable bonds is 13. The van der Waals surface area contributed by atoms with E-state index in [1.54, 1.807) is 7.11 Å². The summed E-state index contributed by atoms with van der Waals surface area (Å²) in [6.07, 6.45) is 24.3. The number of fused-ring (bicyclic) bond motifs is 1. The molecule has 3 heterocycles. The monoisotopic (exact) mass is 734 g/mol. The van der Waals surface area contributed by atoms with Gasteiger partial charge in [0.15, 0.2) is 12.0 Å². The van der Waals surface area contributed by atoms with Crippen LogP contribution >= 0.6 is 0 Å². The van der Waals surface area contributed by atoms with Gasteiger partial charge >= 0.3 is 0 Å². The number of carbonyl (C=O) groups excluding carboxylic acids is 1. The number of aryl methyl sites for hydroxylation is 2. The van der Waals surface area contributed by atoms with Gasteiger partial charge in [-0.25, -0.2) is 4.58 Å². The van der Waals surface area contributed by atoms with Gasteiger partial charge in [0.1, 0.15) is 30.7 Å². The summed E-state index contributed by atoms with van der Waals surface area (Å²) in [5, 5.41) is 10.5. The topological polar surface area (TPSA) is 77.7 Å². The molecule has 53 heavy (non-hydrogen) atoms. The Hall–Kier alpha value is -3.45. The fraction of sp³-hybridized carbons (Fsp3) is 0.630. The largest absolute Gasteiger partial charge is 0.500 e. The lowest BCUT2D eigenvalue weighted by Gasteiger charge is -2.15. The summed E-state index contributed by atoms with van der Waals surface area (Å²) < 4.78 is 7.72. The van der Waals surface area contributed by atoms with E-state index in [1.165, 1.54) is 88.3 Å². The maximum absolute atomic E-state index is 13.0. The van der Waals surface area contributed by atoms with E-state index in [0.717, 1.165) is 73.1 Å². The molecular formula is C46H77N4O3+. The van der Waals surface area contributed by atoms with Crippen molar-refractivity contribution in [1.29, 1.82) is 0 Å². The van der Waals surface area contributed by atoms with Crippen molar-refractivity contribution in [1.82, 2.24) is 4.98 Å². The number of allylic oxidation sites excluding steroid dienone is 2. The Bertz CT molecular complexity index is 1410. The summed E-state index contributed by atoms with van der Waals surface area (Å²) >= 11 is 0. The van der Waals surface area contributed by atoms with Crippen molar-refractivity contribution in [3.8, 4) is 0 Å². The second kappa shape index (κ2) is 28.1. The zero-order valence-corrected chi connectivity index (χ0v) is 35.7. The van der Waals surface area contributed by atoms with Gasteiger partial charge in [-0.2, -0.15) is 0 Å². The quantitative estimate of drug-likeness (QED) is 0.121. The van der Waals surface area contributed by atoms with Gasteiger partial charge in [0.2, 0.25) is 0 Å². The first-order valence-corrected chi connectivity index (χ1v) is 20.7. The molecular weight excluding hydrogens is 657 g/mol. The molecule has 2 aliphatic heterocycles. The van der Waals surface area contributed by atoms with Crippen molar-refractivity contribution < 1.29 is 19.2 Å². The molecule has 1 atom stereocenters. The fourth-order valence-corrected chi connectivity index (χ4v) is 6.20. The van der Waals surface area contributed by atoms with Crippen LogP contribution in [0.2, 0.25) is 0 Å². The van der Waals surface area contributed by atoms with E-state index in [4.69, 9.17) is 9.84 Å². The average molecular weight is 734 g/mol. The number of ketones is 1. The first-order chi connectivity index (χ1) is 25.6. The van der Waals surface area contributed by atoms with Gasteiger partial charge < -0.3 is 20.1 Å². The zero-order valence-electron chi connectivity index (χ0n) is 35.7. The molecule has 0 radical (unpaired) electrons. The Balaban J connectivity index is 0.000000574. The Morgan fingerprint density at radius 2 is 1.64 bits per heavy atom. The number of aliphatic hydroxyl groups excluding tert-OH is 1. The lowest BCUT2D eigenvalue weighted by Crippen LogP contribution is -2.18. The van der Waals surface area contributed by atoms with E-state index in [9.17, 15) is 4.79 Å². The number of anilines is 2. The summed E-state index contributed by atoms with van der Waals surface area (Å²) in [5.41, 5.74) is 6.87. The highest BCUT2D eigenvalue weighted by atomic mass is 16.5. The average Bonchev–Trinajstić information content (AvgIpc) is 3.86. The SMILES string of the molecule is C1CCCC1.CCCC.CCCCCC(C)CC.CO.COC1=C(c2cc(C(=O)CCC/C=C3/Nc4ccc(C)cc4N3C)cc(C)n2)C=[N+](C)CC1. The lowest BCUT2D eigenvalue weighted by molar-refractivity contribution is -0.492. The molecule has 1 unspecified atom stereocenters. The van der Waals surface area contributed by atoms with E-state index < -0.39 is 0 Å². The normalized spacial score (nSPS) is 15.6. The number of carbonyl (C=O) groups is 1. The van der Waals surface area contributed by atoms with Crippen LogP contribution in [0.5, 0.6) is 0 Å². The van der Waals surface area contributed by atoms with Crippen molar-refractivity contribution in [2.45, 2.75) is 151 Å². The van der Waals surface area contributed by atoms with Gasteiger partial charge in [-0.15, -0.1) is 0 Å². The fourth-order valence-electron chi connectivity index (χ4n) is 6.20. The van der Waals surface area contributed by atoms with Crippen LogP contribution in [0.1, 0.15) is 165 Å². The van der Waals surface area contributed by atoms with Crippen molar-refractivity contribution >= 4 is 28.9 Å². The molecule has 1 aliphatic carbocycles. The van der Waals surface area contributed by atoms with Gasteiger partial charge in [-0.1, -0.05) is 118 Å². The molecule has 1 aromatic carbocycles. The highest BCUT2D eigenvalue weighted by molar-refractivity contribution is 6.08. The third-order valence-corrected chi connectivity index (χ3v) is 9.97. The number of hydrogen-bond donors (Lipinski definition) is 2. The summed E-state index contributed by atoms with van der Waals surface area (Å²) in [7, 11) is 6.81. The number of aliphatic hydroxyl groups is 1. The Labute approximate surface area is 325 Å². The van der Waals surface area contributed by atoms with Crippen LogP contribution in [0.25, 0.3) is 5.57 Å². The Morgan fingerprint density at radius 3 is 2.23 bits per heavy atom. The van der Waals surface area contributed by atoms with Crippen LogP contribution in [0.3, 0.4) is 0 Å². The third kappa shape index (κ3) is 18.0. The van der Waals surface area contributed by atoms with E-state index >= 15 is 0 Å². The minimum Gasteiger partial charge on any atom is -0.500 e. The highest BCUT2D eigenvalue weighted by Gasteiger charge is 2.22. The molecule has 1 aromatic heterocycles. The van der Waals surface area contributed by atoms with Crippen LogP contribution in [0, 0.1) is 19.8 Å². The van der Waals surface area contributed by atoms with Crippen molar-refractivity contribution in [3.63, 3.8) is 0 Å². The van der Waals surface area contributed by atoms with E-state index in [-0.39, 0.29) is 5.78 Å². The molecule has 5 rings (SSSR count). The van der Waals surface area contributed by atoms with Crippen LogP contribution in [0.4, 0.5) is 11.4 Å². The summed E-state index contributed by atoms with van der Waals surface area (Å²) in [6, 6.07) is 10.2. The van der Waals surface area contributed by atoms with E-state index in [0.29, 0.717) is 12.0 Å². The number of nitrogens with zero attached hydrogens (tertiary/aromatic N) is 3. The summed E-state index contributed by atoms with van der Waals surface area (Å²) in [6.45, 7) is 16.2. The summed E-state index contributed by atoms with van der Waals surface area (Å²) in [4.78, 5) is 19.8. The molecule has 0 spiro atoms. The minimum absolute atomic E-state index is 0.149. The van der Waals surface area contributed by atoms with Gasteiger partial charge in [-0.05, 0) is 68.5 Å². The maximum Gasteiger partial charge on any atom is 0.176 e. The number of ether oxygens (including phenoxy) is 1. The Morgan fingerprint density at radius 1 is 0.981 bits per heavy atom. The van der Waals surface area contributed by atoms with Crippen molar-refractivity contribution in [2.24, 2.45) is 5.92 Å². The zero-order chi connectivity index (χ0) is 39.6. The van der Waals surface area contributed by atoms with Crippen molar-refractivity contribution in [3.05, 3.63) is 70.5 Å². The first kappa shape index (κ1) is 47.6. The number of aromatic nitrogens is 1. The van der Waals surface area contributed by atoms with Gasteiger partial charge in [0, 0.05) is 31.8 Å². The molecule has 2 aromatic rings. The minimum atomic E-state index is 0.149. The first-order valence-electron chi connectivity index (χ1n) is 20.7. The predicted octanol–water partition coefficient (Wildman–Crippen LogP) is 11.9. The van der Waals surface area contributed by atoms with Crippen LogP contribution < -0.4 is 10.2 Å². The number of unbranched alkanes of at least 4 members (excludes halogenated alkanes) is 4. The Kier molecular flexibility index (Phi) is 25.2. The molecule has 0 bridgehead atoms. The van der Waals surface area contributed by atoms with E-state index in [1.807, 2.05) is 26.1 Å². The highest BCUT2D eigenvalue weighted by Crippen LogP contribution is 2.36. The lowest BCUT2D eigenvalue weighted by atomic mass is 10.0. The number of benzene rings is 1. The predicted molar refractivity (Wildman–Crippen MR) is 230 cm³/mol. The molecule has 298 valence electrons. The number of methoxy groups -OCH3 is 1. The van der Waals surface area contributed by atoms with Crippen molar-refractivity contribution in [2.75, 3.05) is 45.1 Å². The molecule has 1 saturated carbocycles. The molecule has 2 N–H and O–H groups in total. The van der Waals surface area contributed by atoms with Crippen LogP contribution in [0.15, 0.2) is 48.0 Å². The third-order valence-electron chi connectivity index (χ3n) is 9.97. The van der Waals surface area contributed by atoms with Gasteiger partial charge in [0.05, 0.1) is 30.6 Å². The molecule has 7 heteroatoms. The number of nitrogens with one attached hydrogen (secondary N) is 1. The van der Waals surface area contributed by atoms with Crippen LogP contribution in [-0.2, 0) is 4.74 Å². The molecule has 0 saturated heterocycles. The standard InChI is InChI=1S/C27H33N4O2.C9H20.C5H10.C4H10.CH4O/c1-18-10-11-22-24(14-18)31(4)27(29-22)9-7-6-8-25(32)20-15-19(2)28-23(16-20)21-17-30(3)13-12-26(21)33-5;1-4-6-7-8-9(3)5-2;1-2-4-5-3-1;1-3-4-2;1-2/h9-11,14-17,29H,6-8,12-13H2,1-5H3;9H,4-8H2,1-3H3;1-5H2;3-4H2,1-2H3;2H,1H3/q+1;;;;/b27-9-;;;;. The van der Waals surface area contributed by atoms with Gasteiger partial charge in [0.25, 0.3) is 0 Å². The smallest absolute Gasteiger partial charge is 0.176 e.